The molecule has 0 spiro atoms. The standard InChI is InChI=1S/C15H22ClN/c1-11-7-8-12(2)15(9-11)17-10-13-5-3-4-6-14(13)16/h3-6,11-12,15,17H,7-10H2,1-2H3. The molecular weight excluding hydrogens is 230 g/mol. The van der Waals surface area contributed by atoms with Crippen LogP contribution in [-0.4, -0.2) is 6.04 Å². The fraction of sp³-hybridized carbons (Fsp3) is 0.600. The SMILES string of the molecule is CC1CCC(C)C(NCc2ccccc2Cl)C1. The lowest BCUT2D eigenvalue weighted by Crippen LogP contribution is -2.39. The molecule has 0 heterocycles. The van der Waals surface area contributed by atoms with Crippen molar-refractivity contribution in [1.82, 2.24) is 5.32 Å². The van der Waals surface area contributed by atoms with Gasteiger partial charge in [0.15, 0.2) is 0 Å². The summed E-state index contributed by atoms with van der Waals surface area (Å²) < 4.78 is 0. The van der Waals surface area contributed by atoms with Gasteiger partial charge in [-0.15, -0.1) is 0 Å². The van der Waals surface area contributed by atoms with E-state index in [1.807, 2.05) is 12.1 Å². The summed E-state index contributed by atoms with van der Waals surface area (Å²) in [5, 5.41) is 4.55. The smallest absolute Gasteiger partial charge is 0.0450 e. The van der Waals surface area contributed by atoms with Gasteiger partial charge in [0, 0.05) is 17.6 Å². The Labute approximate surface area is 110 Å². The third kappa shape index (κ3) is 3.46. The fourth-order valence-corrected chi connectivity index (χ4v) is 2.90. The maximum absolute atomic E-state index is 6.17. The molecule has 1 fully saturated rings. The number of hydrogen-bond acceptors (Lipinski definition) is 1. The van der Waals surface area contributed by atoms with Crippen LogP contribution in [0.4, 0.5) is 0 Å². The molecule has 1 nitrogen and oxygen atoms in total. The molecule has 0 saturated heterocycles. The van der Waals surface area contributed by atoms with Crippen LogP contribution < -0.4 is 5.32 Å². The Morgan fingerprint density at radius 3 is 2.76 bits per heavy atom. The number of hydrogen-bond donors (Lipinski definition) is 1. The number of halogens is 1. The molecule has 1 aromatic carbocycles. The van der Waals surface area contributed by atoms with Crippen molar-refractivity contribution in [3.63, 3.8) is 0 Å². The van der Waals surface area contributed by atoms with Gasteiger partial charge < -0.3 is 5.32 Å². The van der Waals surface area contributed by atoms with E-state index in [-0.39, 0.29) is 0 Å². The van der Waals surface area contributed by atoms with Crippen LogP contribution in [0.3, 0.4) is 0 Å². The predicted octanol–water partition coefficient (Wildman–Crippen LogP) is 4.25. The monoisotopic (exact) mass is 251 g/mol. The normalized spacial score (nSPS) is 29.2. The Kier molecular flexibility index (Phi) is 4.47. The first-order chi connectivity index (χ1) is 8.16. The summed E-state index contributed by atoms with van der Waals surface area (Å²) >= 11 is 6.17. The summed E-state index contributed by atoms with van der Waals surface area (Å²) in [6.07, 6.45) is 4.03. The van der Waals surface area contributed by atoms with E-state index in [1.165, 1.54) is 24.8 Å². The minimum Gasteiger partial charge on any atom is -0.310 e. The maximum atomic E-state index is 6.17. The first kappa shape index (κ1) is 12.9. The average molecular weight is 252 g/mol. The van der Waals surface area contributed by atoms with Crippen LogP contribution >= 0.6 is 11.6 Å². The zero-order valence-electron chi connectivity index (χ0n) is 10.7. The molecule has 1 aliphatic carbocycles. The maximum Gasteiger partial charge on any atom is 0.0450 e. The third-order valence-electron chi connectivity index (χ3n) is 3.97. The molecule has 3 atom stereocenters. The molecule has 1 saturated carbocycles. The number of benzene rings is 1. The van der Waals surface area contributed by atoms with Crippen LogP contribution in [0.5, 0.6) is 0 Å². The molecular formula is C15H22ClN. The summed E-state index contributed by atoms with van der Waals surface area (Å²) in [6, 6.07) is 8.75. The van der Waals surface area contributed by atoms with Crippen molar-refractivity contribution in [3.05, 3.63) is 34.9 Å². The van der Waals surface area contributed by atoms with Gasteiger partial charge in [0.05, 0.1) is 0 Å². The predicted molar refractivity (Wildman–Crippen MR) is 74.3 cm³/mol. The van der Waals surface area contributed by atoms with Gasteiger partial charge in [-0.25, -0.2) is 0 Å². The Morgan fingerprint density at radius 1 is 1.24 bits per heavy atom. The van der Waals surface area contributed by atoms with Crippen molar-refractivity contribution < 1.29 is 0 Å². The second kappa shape index (κ2) is 5.88. The lowest BCUT2D eigenvalue weighted by molar-refractivity contribution is 0.227. The topological polar surface area (TPSA) is 12.0 Å². The first-order valence-electron chi connectivity index (χ1n) is 6.63. The lowest BCUT2D eigenvalue weighted by Gasteiger charge is -2.33. The molecule has 0 bridgehead atoms. The fourth-order valence-electron chi connectivity index (χ4n) is 2.70. The van der Waals surface area contributed by atoms with Gasteiger partial charge >= 0.3 is 0 Å². The molecule has 2 heteroatoms. The van der Waals surface area contributed by atoms with Crippen molar-refractivity contribution >= 4 is 11.6 Å². The van der Waals surface area contributed by atoms with Crippen LogP contribution in [0, 0.1) is 11.8 Å². The second-order valence-corrected chi connectivity index (χ2v) is 5.88. The number of rotatable bonds is 3. The highest BCUT2D eigenvalue weighted by Crippen LogP contribution is 2.28. The van der Waals surface area contributed by atoms with E-state index in [2.05, 4.69) is 31.3 Å². The van der Waals surface area contributed by atoms with Gasteiger partial charge in [-0.3, -0.25) is 0 Å². The van der Waals surface area contributed by atoms with E-state index < -0.39 is 0 Å². The zero-order valence-corrected chi connectivity index (χ0v) is 11.5. The van der Waals surface area contributed by atoms with Gasteiger partial charge in [0.1, 0.15) is 0 Å². The molecule has 17 heavy (non-hydrogen) atoms. The van der Waals surface area contributed by atoms with Crippen molar-refractivity contribution in [3.8, 4) is 0 Å². The largest absolute Gasteiger partial charge is 0.310 e. The molecule has 3 unspecified atom stereocenters. The number of nitrogens with one attached hydrogen (secondary N) is 1. The van der Waals surface area contributed by atoms with Crippen molar-refractivity contribution in [2.45, 2.75) is 45.7 Å². The summed E-state index contributed by atoms with van der Waals surface area (Å²) in [5.74, 6) is 1.64. The molecule has 0 amide bonds. The van der Waals surface area contributed by atoms with Gasteiger partial charge in [-0.05, 0) is 36.3 Å². The average Bonchev–Trinajstić information content (AvgIpc) is 2.32. The van der Waals surface area contributed by atoms with E-state index in [4.69, 9.17) is 11.6 Å². The van der Waals surface area contributed by atoms with E-state index in [0.717, 1.165) is 23.4 Å². The van der Waals surface area contributed by atoms with Crippen LogP contribution in [0.1, 0.15) is 38.7 Å². The minimum atomic E-state index is 0.648. The summed E-state index contributed by atoms with van der Waals surface area (Å²) in [4.78, 5) is 0. The summed E-state index contributed by atoms with van der Waals surface area (Å²) in [7, 11) is 0. The van der Waals surface area contributed by atoms with Crippen molar-refractivity contribution in [2.75, 3.05) is 0 Å². The second-order valence-electron chi connectivity index (χ2n) is 5.47. The Bertz CT molecular complexity index is 364. The molecule has 1 aromatic rings. The van der Waals surface area contributed by atoms with Crippen LogP contribution in [0.25, 0.3) is 0 Å². The molecule has 94 valence electrons. The summed E-state index contributed by atoms with van der Waals surface area (Å²) in [5.41, 5.74) is 1.21. The quantitative estimate of drug-likeness (QED) is 0.847. The van der Waals surface area contributed by atoms with Gasteiger partial charge in [-0.1, -0.05) is 50.1 Å². The summed E-state index contributed by atoms with van der Waals surface area (Å²) in [6.45, 7) is 5.60. The highest BCUT2D eigenvalue weighted by molar-refractivity contribution is 6.31. The highest BCUT2D eigenvalue weighted by atomic mass is 35.5. The Hall–Kier alpha value is -0.530. The van der Waals surface area contributed by atoms with Gasteiger partial charge in [0.2, 0.25) is 0 Å². The minimum absolute atomic E-state index is 0.648. The molecule has 1 N–H and O–H groups in total. The van der Waals surface area contributed by atoms with Crippen LogP contribution in [0.2, 0.25) is 5.02 Å². The van der Waals surface area contributed by atoms with Crippen molar-refractivity contribution in [2.24, 2.45) is 11.8 Å². The Morgan fingerprint density at radius 2 is 2.00 bits per heavy atom. The van der Waals surface area contributed by atoms with E-state index in [9.17, 15) is 0 Å². The van der Waals surface area contributed by atoms with E-state index in [0.29, 0.717) is 6.04 Å². The molecule has 1 aliphatic rings. The van der Waals surface area contributed by atoms with E-state index in [1.54, 1.807) is 0 Å². The van der Waals surface area contributed by atoms with Gasteiger partial charge in [-0.2, -0.15) is 0 Å². The van der Waals surface area contributed by atoms with Crippen molar-refractivity contribution in [1.29, 1.82) is 0 Å². The first-order valence-corrected chi connectivity index (χ1v) is 7.01. The lowest BCUT2D eigenvalue weighted by atomic mass is 9.80. The van der Waals surface area contributed by atoms with Crippen LogP contribution in [0.15, 0.2) is 24.3 Å². The van der Waals surface area contributed by atoms with Gasteiger partial charge in [0.25, 0.3) is 0 Å². The third-order valence-corrected chi connectivity index (χ3v) is 4.34. The molecule has 2 rings (SSSR count). The molecule has 0 aromatic heterocycles. The molecule has 0 aliphatic heterocycles. The molecule has 0 radical (unpaired) electrons. The highest BCUT2D eigenvalue weighted by Gasteiger charge is 2.24. The Balaban J connectivity index is 1.91. The zero-order chi connectivity index (χ0) is 12.3. The van der Waals surface area contributed by atoms with Crippen LogP contribution in [-0.2, 0) is 6.54 Å². The van der Waals surface area contributed by atoms with E-state index >= 15 is 0 Å².